The molecule has 2 N–H and O–H groups in total. The molecule has 3 heterocycles. The quantitative estimate of drug-likeness (QED) is 0.204. The normalized spacial score (nSPS) is 22.9. The molecule has 5 aromatic rings. The fraction of sp³-hybridized carbons (Fsp3) is 0.167. The van der Waals surface area contributed by atoms with E-state index < -0.39 is 52.3 Å². The van der Waals surface area contributed by atoms with Crippen LogP contribution in [0.3, 0.4) is 0 Å². The maximum Gasteiger partial charge on any atom is 0.352 e. The standard InChI is InChI=1S/C36H27ClFN5O5/c37-22-12-10-21(11-13-22)36-28(32(45)42(33(36)46)39-24-16-14-23(38)15-17-24)20-29-26(31(36)27-8-4-5-9-30(27)44)18-19-40-34(47)41(35(48)43(29)40)25-6-2-1-3-7-25/h1-18,28-29,31,39,44H,19-20H2. The highest BCUT2D eigenvalue weighted by Crippen LogP contribution is 2.62. The van der Waals surface area contributed by atoms with Crippen LogP contribution in [0.25, 0.3) is 5.69 Å². The number of rotatable bonds is 5. The number of carbonyl (C=O) groups excluding carboxylic acids is 2. The lowest BCUT2D eigenvalue weighted by atomic mass is 9.53. The van der Waals surface area contributed by atoms with Crippen LogP contribution in [0.2, 0.25) is 5.02 Å². The smallest absolute Gasteiger partial charge is 0.352 e. The number of amides is 2. The van der Waals surface area contributed by atoms with Gasteiger partial charge in [0.15, 0.2) is 0 Å². The highest BCUT2D eigenvalue weighted by Gasteiger charge is 2.69. The number of allylic oxidation sites excluding steroid dienone is 2. The summed E-state index contributed by atoms with van der Waals surface area (Å²) >= 11 is 6.31. The van der Waals surface area contributed by atoms with Crippen molar-refractivity contribution in [3.8, 4) is 11.4 Å². The molecule has 1 saturated heterocycles. The van der Waals surface area contributed by atoms with Crippen molar-refractivity contribution in [3.63, 3.8) is 0 Å². The van der Waals surface area contributed by atoms with Gasteiger partial charge in [0.2, 0.25) is 0 Å². The van der Waals surface area contributed by atoms with Crippen LogP contribution in [-0.2, 0) is 21.5 Å². The average Bonchev–Trinajstić information content (AvgIpc) is 3.47. The van der Waals surface area contributed by atoms with Crippen molar-refractivity contribution in [2.75, 3.05) is 5.43 Å². The van der Waals surface area contributed by atoms with E-state index in [-0.39, 0.29) is 18.7 Å². The summed E-state index contributed by atoms with van der Waals surface area (Å²) in [5.74, 6) is -3.77. The predicted molar refractivity (Wildman–Crippen MR) is 175 cm³/mol. The molecule has 48 heavy (non-hydrogen) atoms. The number of para-hydroxylation sites is 2. The summed E-state index contributed by atoms with van der Waals surface area (Å²) in [5, 5.41) is 12.7. The number of hydrogen-bond donors (Lipinski definition) is 2. The minimum absolute atomic E-state index is 0.0110. The van der Waals surface area contributed by atoms with Crippen LogP contribution in [-0.4, -0.2) is 35.9 Å². The van der Waals surface area contributed by atoms with Gasteiger partial charge in [-0.2, -0.15) is 5.01 Å². The Morgan fingerprint density at radius 1 is 0.833 bits per heavy atom. The number of aromatic hydroxyl groups is 1. The number of fused-ring (bicyclic) bond motifs is 4. The Hall–Kier alpha value is -5.68. The number of phenolic OH excluding ortho intramolecular Hbond substituents is 1. The number of carbonyl (C=O) groups is 2. The summed E-state index contributed by atoms with van der Waals surface area (Å²) < 4.78 is 17.6. The summed E-state index contributed by atoms with van der Waals surface area (Å²) in [5.41, 5.74) is 2.35. The fourth-order valence-corrected chi connectivity index (χ4v) is 7.92. The lowest BCUT2D eigenvalue weighted by molar-refractivity contribution is -0.138. The third-order valence-electron chi connectivity index (χ3n) is 9.78. The van der Waals surface area contributed by atoms with Crippen LogP contribution in [0, 0.1) is 11.7 Å². The van der Waals surface area contributed by atoms with E-state index in [2.05, 4.69) is 5.43 Å². The van der Waals surface area contributed by atoms with E-state index in [4.69, 9.17) is 11.6 Å². The topological polar surface area (TPSA) is 119 Å². The number of aromatic nitrogens is 3. The van der Waals surface area contributed by atoms with Crippen molar-refractivity contribution in [2.24, 2.45) is 5.92 Å². The second kappa shape index (κ2) is 11.0. The van der Waals surface area contributed by atoms with E-state index in [0.29, 0.717) is 33.1 Å². The average molecular weight is 664 g/mol. The third-order valence-corrected chi connectivity index (χ3v) is 10.0. The first-order chi connectivity index (χ1) is 23.2. The SMILES string of the molecule is O=C1C2CC3C(=CCn4c(=O)n(-c5ccccc5)c(=O)n43)C(c3ccccc3O)C2(c2ccc(Cl)cc2)C(=O)N1Nc1ccc(F)cc1. The minimum Gasteiger partial charge on any atom is -0.508 e. The van der Waals surface area contributed by atoms with Gasteiger partial charge in [0.05, 0.1) is 35.3 Å². The molecule has 0 bridgehead atoms. The Morgan fingerprint density at radius 2 is 1.52 bits per heavy atom. The Labute approximate surface area is 277 Å². The zero-order valence-corrected chi connectivity index (χ0v) is 25.9. The molecule has 3 aliphatic rings. The van der Waals surface area contributed by atoms with Gasteiger partial charge >= 0.3 is 11.4 Å². The van der Waals surface area contributed by atoms with E-state index in [0.717, 1.165) is 9.58 Å². The van der Waals surface area contributed by atoms with E-state index in [1.807, 2.05) is 6.08 Å². The van der Waals surface area contributed by atoms with E-state index in [1.54, 1.807) is 72.8 Å². The highest BCUT2D eigenvalue weighted by atomic mass is 35.5. The summed E-state index contributed by atoms with van der Waals surface area (Å²) in [6.45, 7) is 0.0187. The summed E-state index contributed by atoms with van der Waals surface area (Å²) in [4.78, 5) is 57.5. The maximum absolute atomic E-state index is 15.1. The van der Waals surface area contributed by atoms with Crippen molar-refractivity contribution in [1.29, 1.82) is 0 Å². The number of benzene rings is 4. The highest BCUT2D eigenvalue weighted by molar-refractivity contribution is 6.30. The Kier molecular flexibility index (Phi) is 6.78. The molecule has 2 aliphatic heterocycles. The van der Waals surface area contributed by atoms with Crippen LogP contribution in [0.1, 0.15) is 29.5 Å². The van der Waals surface area contributed by atoms with Gasteiger partial charge in [0.1, 0.15) is 11.6 Å². The Bertz CT molecular complexity index is 2260. The van der Waals surface area contributed by atoms with Crippen molar-refractivity contribution < 1.29 is 19.1 Å². The number of hydrogen-bond acceptors (Lipinski definition) is 6. The molecule has 2 fully saturated rings. The molecule has 1 aromatic heterocycles. The van der Waals surface area contributed by atoms with E-state index >= 15 is 4.79 Å². The Balaban J connectivity index is 1.38. The number of nitrogens with one attached hydrogen (secondary N) is 1. The molecule has 10 nitrogen and oxygen atoms in total. The van der Waals surface area contributed by atoms with E-state index in [9.17, 15) is 23.9 Å². The van der Waals surface area contributed by atoms with Crippen molar-refractivity contribution >= 4 is 29.1 Å². The van der Waals surface area contributed by atoms with Crippen LogP contribution >= 0.6 is 11.6 Å². The van der Waals surface area contributed by atoms with Crippen molar-refractivity contribution in [2.45, 2.75) is 30.3 Å². The van der Waals surface area contributed by atoms with E-state index in [1.165, 1.54) is 39.7 Å². The Morgan fingerprint density at radius 3 is 2.23 bits per heavy atom. The molecule has 240 valence electrons. The summed E-state index contributed by atoms with van der Waals surface area (Å²) in [7, 11) is 0. The molecule has 0 radical (unpaired) electrons. The van der Waals surface area contributed by atoms with Gasteiger partial charge in [-0.3, -0.25) is 15.0 Å². The maximum atomic E-state index is 15.1. The molecule has 2 amide bonds. The second-order valence-electron chi connectivity index (χ2n) is 12.1. The molecule has 8 rings (SSSR count). The first-order valence-corrected chi connectivity index (χ1v) is 15.7. The number of hydrazine groups is 1. The third kappa shape index (κ3) is 4.17. The predicted octanol–water partition coefficient (Wildman–Crippen LogP) is 4.92. The number of imide groups is 1. The lowest BCUT2D eigenvalue weighted by Crippen LogP contribution is -2.53. The molecule has 4 atom stereocenters. The molecule has 1 saturated carbocycles. The summed E-state index contributed by atoms with van der Waals surface area (Å²) in [6.07, 6.45) is 1.81. The van der Waals surface area contributed by atoms with Crippen molar-refractivity contribution in [3.05, 3.63) is 158 Å². The fourth-order valence-electron chi connectivity index (χ4n) is 7.79. The van der Waals surface area contributed by atoms with Gasteiger partial charge in [-0.05, 0) is 72.2 Å². The molecule has 1 aliphatic carbocycles. The molecular formula is C36H27ClFN5O5. The van der Waals surface area contributed by atoms with Gasteiger partial charge in [0.25, 0.3) is 11.8 Å². The number of halogens is 2. The number of anilines is 1. The second-order valence-corrected chi connectivity index (χ2v) is 12.6. The first-order valence-electron chi connectivity index (χ1n) is 15.4. The van der Waals surface area contributed by atoms with Gasteiger partial charge in [-0.15, -0.1) is 0 Å². The van der Waals surface area contributed by atoms with Gasteiger partial charge in [0, 0.05) is 16.5 Å². The zero-order valence-electron chi connectivity index (χ0n) is 25.2. The monoisotopic (exact) mass is 663 g/mol. The molecule has 0 spiro atoms. The van der Waals surface area contributed by atoms with Gasteiger partial charge < -0.3 is 5.11 Å². The lowest BCUT2D eigenvalue weighted by Gasteiger charge is -2.49. The molecule has 4 aromatic carbocycles. The van der Waals surface area contributed by atoms with Crippen LogP contribution in [0.5, 0.6) is 5.75 Å². The number of phenols is 1. The molecule has 4 unspecified atom stereocenters. The van der Waals surface area contributed by atoms with Crippen LogP contribution < -0.4 is 16.8 Å². The van der Waals surface area contributed by atoms with Gasteiger partial charge in [-0.1, -0.05) is 66.2 Å². The summed E-state index contributed by atoms with van der Waals surface area (Å²) in [6, 6.07) is 26.3. The largest absolute Gasteiger partial charge is 0.508 e. The van der Waals surface area contributed by atoms with Gasteiger partial charge in [-0.25, -0.2) is 27.9 Å². The molecule has 12 heteroatoms. The van der Waals surface area contributed by atoms with Crippen molar-refractivity contribution in [1.82, 2.24) is 18.9 Å². The van der Waals surface area contributed by atoms with Crippen LogP contribution in [0.15, 0.2) is 124 Å². The zero-order chi connectivity index (χ0) is 33.3. The molecular weight excluding hydrogens is 637 g/mol. The van der Waals surface area contributed by atoms with Crippen LogP contribution in [0.4, 0.5) is 10.1 Å². The minimum atomic E-state index is -1.61. The number of nitrogens with zero attached hydrogens (tertiary/aromatic N) is 4. The first kappa shape index (κ1) is 29.7.